The summed E-state index contributed by atoms with van der Waals surface area (Å²) in [5.41, 5.74) is 0. The van der Waals surface area contributed by atoms with Gasteiger partial charge in [0.2, 0.25) is 5.91 Å². The van der Waals surface area contributed by atoms with Crippen LogP contribution in [-0.2, 0) is 14.3 Å². The number of hydrogen-bond donors (Lipinski definition) is 3. The van der Waals surface area contributed by atoms with Gasteiger partial charge in [-0.2, -0.15) is 0 Å². The predicted octanol–water partition coefficient (Wildman–Crippen LogP) is 29.9. The fourth-order valence-electron chi connectivity index (χ4n) is 14.1. The topological polar surface area (TPSA) is 95.9 Å². The van der Waals surface area contributed by atoms with Crippen LogP contribution in [0.2, 0.25) is 0 Å². The molecule has 0 saturated heterocycles. The summed E-state index contributed by atoms with van der Waals surface area (Å²) in [6, 6.07) is -0.542. The first kappa shape index (κ1) is 94.8. The molecular formula is C91H173NO5. The van der Waals surface area contributed by atoms with Crippen LogP contribution in [0.1, 0.15) is 495 Å². The van der Waals surface area contributed by atoms with Crippen molar-refractivity contribution in [1.82, 2.24) is 5.32 Å². The number of nitrogens with one attached hydrogen (secondary N) is 1. The van der Waals surface area contributed by atoms with E-state index in [9.17, 15) is 19.8 Å². The van der Waals surface area contributed by atoms with Crippen LogP contribution in [-0.4, -0.2) is 47.4 Å². The molecule has 0 radical (unpaired) electrons. The zero-order valence-electron chi connectivity index (χ0n) is 65.8. The Morgan fingerprint density at radius 2 is 0.515 bits per heavy atom. The molecule has 0 aromatic heterocycles. The molecule has 6 heteroatoms. The van der Waals surface area contributed by atoms with E-state index < -0.39 is 12.1 Å². The summed E-state index contributed by atoms with van der Waals surface area (Å²) in [6.45, 7) is 4.98. The van der Waals surface area contributed by atoms with E-state index in [2.05, 4.69) is 67.8 Å². The third-order valence-corrected chi connectivity index (χ3v) is 20.9. The molecule has 3 N–H and O–H groups in total. The van der Waals surface area contributed by atoms with Gasteiger partial charge in [0.15, 0.2) is 0 Å². The molecule has 0 aromatic carbocycles. The molecule has 572 valence electrons. The number of esters is 1. The molecule has 0 spiro atoms. The molecule has 0 rings (SSSR count). The lowest BCUT2D eigenvalue weighted by atomic mass is 10.0. The second kappa shape index (κ2) is 86.2. The standard InChI is InChI=1S/C91H173NO5/c1-3-5-7-9-11-13-15-17-19-21-23-24-25-41-44-48-51-55-59-63-67-71-75-79-83-89(94)88(87-93)92-90(95)84-80-76-72-68-64-60-56-52-49-45-42-39-37-35-33-31-29-27-26-28-30-32-34-36-38-40-43-46-50-54-58-62-66-70-74-78-82-86-97-91(96)85-81-77-73-69-65-61-57-53-47-22-20-18-16-14-12-10-8-6-4-2/h12,14,18,20,26,28,32,34,88-89,93-94H,3-11,13,15-17,19,21-25,27,29-31,33,35-87H2,1-2H3,(H,92,95)/b14-12-,20-18-,28-26-,34-32-. The van der Waals surface area contributed by atoms with Gasteiger partial charge in [0.25, 0.3) is 0 Å². The van der Waals surface area contributed by atoms with E-state index in [1.54, 1.807) is 0 Å². The lowest BCUT2D eigenvalue weighted by Gasteiger charge is -2.22. The molecule has 0 heterocycles. The zero-order chi connectivity index (χ0) is 69.8. The van der Waals surface area contributed by atoms with E-state index >= 15 is 0 Å². The molecule has 0 aliphatic heterocycles. The number of aliphatic hydroxyl groups excluding tert-OH is 2. The molecule has 0 saturated carbocycles. The third-order valence-electron chi connectivity index (χ3n) is 20.9. The Morgan fingerprint density at radius 1 is 0.289 bits per heavy atom. The van der Waals surface area contributed by atoms with Crippen molar-refractivity contribution in [3.05, 3.63) is 48.6 Å². The van der Waals surface area contributed by atoms with E-state index in [4.69, 9.17) is 4.74 Å². The van der Waals surface area contributed by atoms with E-state index in [0.29, 0.717) is 25.9 Å². The van der Waals surface area contributed by atoms with Crippen molar-refractivity contribution in [3.8, 4) is 0 Å². The smallest absolute Gasteiger partial charge is 0.305 e. The Morgan fingerprint density at radius 3 is 0.804 bits per heavy atom. The van der Waals surface area contributed by atoms with Crippen molar-refractivity contribution < 1.29 is 24.5 Å². The molecule has 0 aliphatic carbocycles. The molecule has 6 nitrogen and oxygen atoms in total. The van der Waals surface area contributed by atoms with Crippen molar-refractivity contribution in [2.24, 2.45) is 0 Å². The van der Waals surface area contributed by atoms with Gasteiger partial charge >= 0.3 is 5.97 Å². The van der Waals surface area contributed by atoms with Crippen molar-refractivity contribution in [2.75, 3.05) is 13.2 Å². The van der Waals surface area contributed by atoms with Crippen LogP contribution in [0.5, 0.6) is 0 Å². The van der Waals surface area contributed by atoms with Crippen LogP contribution in [0, 0.1) is 0 Å². The van der Waals surface area contributed by atoms with Crippen LogP contribution in [0.15, 0.2) is 48.6 Å². The molecule has 1 amide bonds. The van der Waals surface area contributed by atoms with Crippen LogP contribution >= 0.6 is 0 Å². The van der Waals surface area contributed by atoms with Crippen LogP contribution in [0.25, 0.3) is 0 Å². The van der Waals surface area contributed by atoms with Crippen LogP contribution in [0.4, 0.5) is 0 Å². The van der Waals surface area contributed by atoms with Crippen LogP contribution < -0.4 is 5.32 Å². The average molecular weight is 1360 g/mol. The second-order valence-electron chi connectivity index (χ2n) is 30.6. The molecule has 2 atom stereocenters. The van der Waals surface area contributed by atoms with Gasteiger partial charge in [-0.15, -0.1) is 0 Å². The second-order valence-corrected chi connectivity index (χ2v) is 30.6. The van der Waals surface area contributed by atoms with Gasteiger partial charge in [-0.3, -0.25) is 9.59 Å². The number of rotatable bonds is 84. The minimum absolute atomic E-state index is 0.0158. The summed E-state index contributed by atoms with van der Waals surface area (Å²) in [5.74, 6) is -0.0106. The highest BCUT2D eigenvalue weighted by Crippen LogP contribution is 2.21. The molecule has 2 unspecified atom stereocenters. The maximum absolute atomic E-state index is 12.6. The first-order valence-electron chi connectivity index (χ1n) is 44.4. The molecule has 0 aromatic rings. The molecule has 97 heavy (non-hydrogen) atoms. The van der Waals surface area contributed by atoms with Gasteiger partial charge in [0, 0.05) is 12.8 Å². The Balaban J connectivity index is 3.36. The summed E-state index contributed by atoms with van der Waals surface area (Å²) in [7, 11) is 0. The van der Waals surface area contributed by atoms with Gasteiger partial charge < -0.3 is 20.3 Å². The lowest BCUT2D eigenvalue weighted by molar-refractivity contribution is -0.143. The average Bonchev–Trinajstić information content (AvgIpc) is 3.77. The minimum atomic E-state index is -0.665. The largest absolute Gasteiger partial charge is 0.466 e. The monoisotopic (exact) mass is 1360 g/mol. The Hall–Kier alpha value is -2.18. The summed E-state index contributed by atoms with van der Waals surface area (Å²) in [4.78, 5) is 24.7. The third kappa shape index (κ3) is 82.7. The molecule has 0 fully saturated rings. The zero-order valence-corrected chi connectivity index (χ0v) is 65.8. The summed E-state index contributed by atoms with van der Waals surface area (Å²) in [5, 5.41) is 23.5. The minimum Gasteiger partial charge on any atom is -0.466 e. The molecule has 0 aliphatic rings. The van der Waals surface area contributed by atoms with E-state index in [1.165, 1.54) is 405 Å². The number of allylic oxidation sites excluding steroid dienone is 8. The number of carbonyl (C=O) groups is 2. The quantitative estimate of drug-likeness (QED) is 0.0320. The highest BCUT2D eigenvalue weighted by atomic mass is 16.5. The van der Waals surface area contributed by atoms with Gasteiger partial charge in [-0.05, 0) is 89.9 Å². The van der Waals surface area contributed by atoms with E-state index in [-0.39, 0.29) is 18.5 Å². The Labute approximate surface area is 607 Å². The van der Waals surface area contributed by atoms with Crippen molar-refractivity contribution in [3.63, 3.8) is 0 Å². The van der Waals surface area contributed by atoms with Crippen molar-refractivity contribution >= 4 is 11.9 Å². The maximum atomic E-state index is 12.6. The molecular weight excluding hydrogens is 1190 g/mol. The summed E-state index contributed by atoms with van der Waals surface area (Å²) < 4.78 is 5.52. The lowest BCUT2D eigenvalue weighted by Crippen LogP contribution is -2.45. The predicted molar refractivity (Wildman–Crippen MR) is 430 cm³/mol. The van der Waals surface area contributed by atoms with Crippen LogP contribution in [0.3, 0.4) is 0 Å². The SMILES string of the molecule is CCCCC/C=C\C/C=C\CCCCCCCCCCCC(=O)OCCCCCCCCCCCCCCC/C=C\C/C=C\CCCCCCCCCCCCCCCCCCCC(=O)NC(CO)C(O)CCCCCCCCCCCCCCCCCCCCCCCCCC. The number of aliphatic hydroxyl groups is 2. The number of amides is 1. The molecule has 0 bridgehead atoms. The highest BCUT2D eigenvalue weighted by molar-refractivity contribution is 5.76. The van der Waals surface area contributed by atoms with E-state index in [0.717, 1.165) is 57.8 Å². The fourth-order valence-corrected chi connectivity index (χ4v) is 14.1. The normalized spacial score (nSPS) is 12.7. The number of carbonyl (C=O) groups excluding carboxylic acids is 2. The first-order chi connectivity index (χ1) is 48.0. The summed E-state index contributed by atoms with van der Waals surface area (Å²) >= 11 is 0. The van der Waals surface area contributed by atoms with Gasteiger partial charge in [0.1, 0.15) is 0 Å². The number of unbranched alkanes of at least 4 members (excludes halogenated alkanes) is 65. The Bertz CT molecular complexity index is 1620. The van der Waals surface area contributed by atoms with Crippen molar-refractivity contribution in [2.45, 2.75) is 508 Å². The van der Waals surface area contributed by atoms with Gasteiger partial charge in [0.05, 0.1) is 25.4 Å². The van der Waals surface area contributed by atoms with Gasteiger partial charge in [-0.1, -0.05) is 441 Å². The fraction of sp³-hybridized carbons (Fsp3) is 0.890. The summed E-state index contributed by atoms with van der Waals surface area (Å²) in [6.07, 6.45) is 115. The Kier molecular flexibility index (Phi) is 84.3. The number of hydrogen-bond acceptors (Lipinski definition) is 5. The highest BCUT2D eigenvalue weighted by Gasteiger charge is 2.20. The first-order valence-corrected chi connectivity index (χ1v) is 44.4. The van der Waals surface area contributed by atoms with E-state index in [1.807, 2.05) is 0 Å². The maximum Gasteiger partial charge on any atom is 0.305 e. The number of ether oxygens (including phenoxy) is 1. The van der Waals surface area contributed by atoms with Crippen molar-refractivity contribution in [1.29, 1.82) is 0 Å². The van der Waals surface area contributed by atoms with Gasteiger partial charge in [-0.25, -0.2) is 0 Å².